The van der Waals surface area contributed by atoms with Gasteiger partial charge in [0, 0.05) is 16.9 Å². The van der Waals surface area contributed by atoms with Crippen molar-refractivity contribution in [3.05, 3.63) is 30.6 Å². The summed E-state index contributed by atoms with van der Waals surface area (Å²) in [6.07, 6.45) is 3.76. The molecule has 0 radical (unpaired) electrons. The third-order valence-corrected chi connectivity index (χ3v) is 1.07. The second-order valence-electron chi connectivity index (χ2n) is 3.82. The van der Waals surface area contributed by atoms with Gasteiger partial charge in [-0.05, 0) is 20.8 Å². The summed E-state index contributed by atoms with van der Waals surface area (Å²) in [6, 6.07) is 5.83. The number of hydrogen-bond acceptors (Lipinski definition) is 5. The van der Waals surface area contributed by atoms with E-state index in [9.17, 15) is 0 Å². The zero-order valence-electron chi connectivity index (χ0n) is 9.25. The fourth-order valence-electron chi connectivity index (χ4n) is 0.760. The van der Waals surface area contributed by atoms with E-state index in [0.717, 1.165) is 0 Å². The van der Waals surface area contributed by atoms with Crippen LogP contribution in [-0.2, 0) is 0 Å². The minimum Gasteiger partial charge on any atom is -0.266 e. The molecule has 1 heterocycles. The van der Waals surface area contributed by atoms with Gasteiger partial charge >= 0.3 is 0 Å². The van der Waals surface area contributed by atoms with Gasteiger partial charge in [0.1, 0.15) is 0 Å². The average Bonchev–Trinajstić information content (AvgIpc) is 1.99. The predicted octanol–water partition coefficient (Wildman–Crippen LogP) is -3.55. The van der Waals surface area contributed by atoms with Crippen LogP contribution in [0.2, 0.25) is 0 Å². The van der Waals surface area contributed by atoms with E-state index in [0.29, 0.717) is 0 Å². The SMILES string of the molecule is CC(C)(C)O[n+]1ccccc1.[O-][Cl+3]([O-])([O-])[O-]. The Labute approximate surface area is 96.0 Å². The molecule has 0 saturated heterocycles. The first kappa shape index (κ1) is 15.1. The van der Waals surface area contributed by atoms with Gasteiger partial charge in [-0.3, -0.25) is 4.84 Å². The van der Waals surface area contributed by atoms with Crippen molar-refractivity contribution in [1.29, 1.82) is 0 Å². The van der Waals surface area contributed by atoms with Crippen molar-refractivity contribution in [3.8, 4) is 0 Å². The van der Waals surface area contributed by atoms with Crippen molar-refractivity contribution in [3.63, 3.8) is 0 Å². The van der Waals surface area contributed by atoms with Gasteiger partial charge in [-0.25, -0.2) is 18.6 Å². The maximum absolute atomic E-state index is 8.49. The van der Waals surface area contributed by atoms with Gasteiger partial charge in [0.05, 0.1) is 0 Å². The van der Waals surface area contributed by atoms with E-state index >= 15 is 0 Å². The highest BCUT2D eigenvalue weighted by Gasteiger charge is 2.16. The molecule has 0 N–H and O–H groups in total. The molecule has 6 nitrogen and oxygen atoms in total. The first-order chi connectivity index (χ1) is 7.08. The van der Waals surface area contributed by atoms with E-state index in [1.54, 1.807) is 4.73 Å². The number of aromatic nitrogens is 1. The van der Waals surface area contributed by atoms with Gasteiger partial charge in [0.15, 0.2) is 5.60 Å². The lowest BCUT2D eigenvalue weighted by molar-refractivity contribution is -2.00. The predicted molar refractivity (Wildman–Crippen MR) is 43.0 cm³/mol. The van der Waals surface area contributed by atoms with Gasteiger partial charge in [0.25, 0.3) is 0 Å². The summed E-state index contributed by atoms with van der Waals surface area (Å²) in [5, 5.41) is 0. The normalized spacial score (nSPS) is 11.4. The van der Waals surface area contributed by atoms with Crippen LogP contribution in [0.3, 0.4) is 0 Å². The van der Waals surface area contributed by atoms with E-state index in [1.807, 2.05) is 51.4 Å². The Hall–Kier alpha value is -0.920. The number of hydrogen-bond donors (Lipinski definition) is 0. The van der Waals surface area contributed by atoms with Crippen LogP contribution in [0.4, 0.5) is 0 Å². The van der Waals surface area contributed by atoms with Crippen LogP contribution in [0.15, 0.2) is 30.6 Å². The Morgan fingerprint density at radius 1 is 0.938 bits per heavy atom. The van der Waals surface area contributed by atoms with Gasteiger partial charge in [-0.15, -0.1) is 10.2 Å². The lowest BCUT2D eigenvalue weighted by atomic mass is 10.2. The van der Waals surface area contributed by atoms with E-state index in [-0.39, 0.29) is 5.60 Å². The minimum absolute atomic E-state index is 0.133. The number of pyridine rings is 1. The van der Waals surface area contributed by atoms with Crippen LogP contribution in [-0.4, -0.2) is 5.60 Å². The highest BCUT2D eigenvalue weighted by Crippen LogP contribution is 1.97. The molecule has 0 spiro atoms. The van der Waals surface area contributed by atoms with Crippen molar-refractivity contribution in [1.82, 2.24) is 0 Å². The summed E-state index contributed by atoms with van der Waals surface area (Å²) in [5.41, 5.74) is -0.133. The highest BCUT2D eigenvalue weighted by atomic mass is 35.7. The standard InChI is InChI=1S/C9H14NO.ClHO4/c1-9(2,3)11-10-7-5-4-6-8-10;2-1(3,4)5/h4-8H,1-3H3;(H,2,3,4,5)/q+1;/p-1. The first-order valence-electron chi connectivity index (χ1n) is 4.35. The topological polar surface area (TPSA) is 105 Å². The molecule has 0 bridgehead atoms. The Bertz CT molecular complexity index is 287. The third-order valence-electron chi connectivity index (χ3n) is 1.07. The van der Waals surface area contributed by atoms with Crippen LogP contribution in [0.25, 0.3) is 0 Å². The first-order valence-corrected chi connectivity index (χ1v) is 5.59. The van der Waals surface area contributed by atoms with Crippen molar-refractivity contribution in [2.45, 2.75) is 26.4 Å². The van der Waals surface area contributed by atoms with Crippen LogP contribution in [0, 0.1) is 10.2 Å². The maximum Gasteiger partial charge on any atom is 0.222 e. The molecular weight excluding hydrogens is 238 g/mol. The smallest absolute Gasteiger partial charge is 0.222 e. The zero-order chi connectivity index (χ0) is 12.8. The minimum atomic E-state index is -4.94. The van der Waals surface area contributed by atoms with Gasteiger partial charge < -0.3 is 0 Å². The van der Waals surface area contributed by atoms with E-state index in [2.05, 4.69) is 0 Å². The van der Waals surface area contributed by atoms with Crippen LogP contribution < -0.4 is 28.2 Å². The summed E-state index contributed by atoms with van der Waals surface area (Å²) in [5.74, 6) is 0. The van der Waals surface area contributed by atoms with Gasteiger partial charge in [-0.2, -0.15) is 0 Å². The molecule has 16 heavy (non-hydrogen) atoms. The maximum atomic E-state index is 8.49. The molecule has 92 valence electrons. The lowest BCUT2D eigenvalue weighted by Crippen LogP contribution is -2.68. The molecule has 0 fully saturated rings. The molecule has 0 aliphatic heterocycles. The summed E-state index contributed by atoms with van der Waals surface area (Å²) in [4.78, 5) is 5.52. The van der Waals surface area contributed by atoms with Crippen LogP contribution >= 0.6 is 0 Å². The molecule has 0 saturated carbocycles. The summed E-state index contributed by atoms with van der Waals surface area (Å²) in [7, 11) is -4.94. The number of rotatable bonds is 1. The van der Waals surface area contributed by atoms with E-state index in [4.69, 9.17) is 23.5 Å². The third kappa shape index (κ3) is 13.1. The zero-order valence-corrected chi connectivity index (χ0v) is 10.0. The van der Waals surface area contributed by atoms with Crippen molar-refractivity contribution in [2.75, 3.05) is 0 Å². The quantitative estimate of drug-likeness (QED) is 0.481. The van der Waals surface area contributed by atoms with Gasteiger partial charge in [0.2, 0.25) is 12.4 Å². The Kier molecular flexibility index (Phi) is 5.63. The summed E-state index contributed by atoms with van der Waals surface area (Å²) >= 11 is 0. The van der Waals surface area contributed by atoms with E-state index < -0.39 is 10.2 Å². The molecule has 0 atom stereocenters. The number of nitrogens with zero attached hydrogens (tertiary/aromatic N) is 1. The van der Waals surface area contributed by atoms with Gasteiger partial charge in [-0.1, -0.05) is 6.07 Å². The molecule has 0 amide bonds. The number of halogens is 1. The van der Waals surface area contributed by atoms with Crippen LogP contribution in [0.1, 0.15) is 20.8 Å². The molecule has 1 aromatic rings. The van der Waals surface area contributed by atoms with Crippen molar-refractivity contribution < 1.29 is 38.4 Å². The van der Waals surface area contributed by atoms with E-state index in [1.165, 1.54) is 0 Å². The summed E-state index contributed by atoms with van der Waals surface area (Å²) in [6.45, 7) is 6.06. The Morgan fingerprint density at radius 2 is 1.31 bits per heavy atom. The fraction of sp³-hybridized carbons (Fsp3) is 0.444. The summed E-state index contributed by atoms with van der Waals surface area (Å²) < 4.78 is 35.7. The second kappa shape index (κ2) is 5.97. The molecule has 0 unspecified atom stereocenters. The molecule has 0 aliphatic rings. The van der Waals surface area contributed by atoms with Crippen LogP contribution in [0.5, 0.6) is 0 Å². The second-order valence-corrected chi connectivity index (χ2v) is 4.57. The molecule has 0 aromatic carbocycles. The molecule has 7 heteroatoms. The molecular formula is C9H14ClNO5. The largest absolute Gasteiger partial charge is 0.266 e. The average molecular weight is 252 g/mol. The monoisotopic (exact) mass is 251 g/mol. The fourth-order valence-corrected chi connectivity index (χ4v) is 0.760. The lowest BCUT2D eigenvalue weighted by Gasteiger charge is -2.17. The molecule has 1 rings (SSSR count). The van der Waals surface area contributed by atoms with Crippen molar-refractivity contribution >= 4 is 0 Å². The molecule has 1 aromatic heterocycles. The van der Waals surface area contributed by atoms with Crippen molar-refractivity contribution in [2.24, 2.45) is 0 Å². The Morgan fingerprint density at radius 3 is 1.62 bits per heavy atom. The highest BCUT2D eigenvalue weighted by molar-refractivity contribution is 4.83. The Balaban J connectivity index is 0.000000385. The molecule has 0 aliphatic carbocycles.